The lowest BCUT2D eigenvalue weighted by atomic mass is 9.89. The molecule has 1 saturated heterocycles. The number of amides is 1. The van der Waals surface area contributed by atoms with Crippen LogP contribution in [0.2, 0.25) is 0 Å². The van der Waals surface area contributed by atoms with E-state index in [0.717, 1.165) is 43.9 Å². The van der Waals surface area contributed by atoms with E-state index in [4.69, 9.17) is 4.74 Å². The molecular weight excluding hydrogens is 527 g/mol. The van der Waals surface area contributed by atoms with Gasteiger partial charge in [0.05, 0.1) is 6.10 Å². The summed E-state index contributed by atoms with van der Waals surface area (Å²) in [6.45, 7) is 7.03. The number of carbonyl (C=O) groups excluding carboxylic acids is 1. The molecule has 0 saturated carbocycles. The Labute approximate surface area is 215 Å². The van der Waals surface area contributed by atoms with Crippen molar-refractivity contribution in [2.24, 2.45) is 10.9 Å². The summed E-state index contributed by atoms with van der Waals surface area (Å²) in [7, 11) is 1.78. The van der Waals surface area contributed by atoms with Gasteiger partial charge in [0.2, 0.25) is 0 Å². The van der Waals surface area contributed by atoms with Crippen molar-refractivity contribution < 1.29 is 9.53 Å². The Hall–Kier alpha value is -2.13. The normalized spacial score (nSPS) is 18.2. The third-order valence-corrected chi connectivity index (χ3v) is 5.79. The third kappa shape index (κ3) is 8.30. The zero-order valence-corrected chi connectivity index (χ0v) is 22.2. The lowest BCUT2D eigenvalue weighted by Gasteiger charge is -2.32. The summed E-state index contributed by atoms with van der Waals surface area (Å²) in [6.07, 6.45) is 3.23. The number of nitrogens with zero attached hydrogens (tertiary/aromatic N) is 1. The molecule has 2 unspecified atom stereocenters. The van der Waals surface area contributed by atoms with Crippen molar-refractivity contribution in [3.8, 4) is 0 Å². The molecule has 1 aliphatic rings. The summed E-state index contributed by atoms with van der Waals surface area (Å²) < 4.78 is 6.14. The highest BCUT2D eigenvalue weighted by atomic mass is 127. The number of benzene rings is 2. The van der Waals surface area contributed by atoms with Crippen molar-refractivity contribution >= 4 is 35.8 Å². The van der Waals surface area contributed by atoms with Crippen LogP contribution in [0.4, 0.5) is 0 Å². The van der Waals surface area contributed by atoms with Crippen molar-refractivity contribution in [1.29, 1.82) is 0 Å². The Balaban J connectivity index is 0.00000385. The maximum absolute atomic E-state index is 12.2. The number of aliphatic imine (C=N–C) groups is 1. The first-order chi connectivity index (χ1) is 15.6. The van der Waals surface area contributed by atoms with Crippen molar-refractivity contribution in [3.63, 3.8) is 0 Å². The first kappa shape index (κ1) is 27.1. The molecule has 1 fully saturated rings. The van der Waals surface area contributed by atoms with E-state index >= 15 is 0 Å². The maximum atomic E-state index is 12.2. The number of rotatable bonds is 8. The zero-order chi connectivity index (χ0) is 22.8. The summed E-state index contributed by atoms with van der Waals surface area (Å²) in [5, 5.41) is 9.75. The minimum atomic E-state index is -0.0318. The summed E-state index contributed by atoms with van der Waals surface area (Å²) in [4.78, 5) is 16.6. The maximum Gasteiger partial charge on any atom is 0.251 e. The highest BCUT2D eigenvalue weighted by molar-refractivity contribution is 14.0. The van der Waals surface area contributed by atoms with Crippen LogP contribution in [-0.4, -0.2) is 38.6 Å². The number of nitrogens with one attached hydrogen (secondary N) is 3. The van der Waals surface area contributed by atoms with E-state index < -0.39 is 0 Å². The Morgan fingerprint density at radius 1 is 1.12 bits per heavy atom. The second-order valence-electron chi connectivity index (χ2n) is 8.37. The summed E-state index contributed by atoms with van der Waals surface area (Å²) in [6, 6.07) is 16.3. The van der Waals surface area contributed by atoms with E-state index in [1.807, 2.05) is 31.2 Å². The van der Waals surface area contributed by atoms with E-state index in [9.17, 15) is 4.79 Å². The van der Waals surface area contributed by atoms with Crippen LogP contribution in [0.15, 0.2) is 53.5 Å². The summed E-state index contributed by atoms with van der Waals surface area (Å²) in [5.41, 5.74) is 4.22. The first-order valence-corrected chi connectivity index (χ1v) is 11.6. The lowest BCUT2D eigenvalue weighted by Crippen LogP contribution is -2.41. The summed E-state index contributed by atoms with van der Waals surface area (Å²) in [5.74, 6) is 1.10. The second kappa shape index (κ2) is 14.2. The predicted octanol–water partition coefficient (Wildman–Crippen LogP) is 4.59. The monoisotopic (exact) mass is 564 g/mol. The van der Waals surface area contributed by atoms with Gasteiger partial charge in [0.1, 0.15) is 0 Å². The second-order valence-corrected chi connectivity index (χ2v) is 8.37. The molecule has 0 radical (unpaired) electrons. The van der Waals surface area contributed by atoms with Gasteiger partial charge >= 0.3 is 0 Å². The smallest absolute Gasteiger partial charge is 0.251 e. The van der Waals surface area contributed by atoms with Gasteiger partial charge in [-0.25, -0.2) is 0 Å². The van der Waals surface area contributed by atoms with Gasteiger partial charge in [0, 0.05) is 44.8 Å². The predicted molar refractivity (Wildman–Crippen MR) is 145 cm³/mol. The van der Waals surface area contributed by atoms with Crippen molar-refractivity contribution in [3.05, 3.63) is 70.8 Å². The topological polar surface area (TPSA) is 74.8 Å². The number of hydrogen-bond donors (Lipinski definition) is 3. The molecule has 3 rings (SSSR count). The number of halogens is 1. The quantitative estimate of drug-likeness (QED) is 0.249. The van der Waals surface area contributed by atoms with E-state index in [1.165, 1.54) is 11.1 Å². The van der Waals surface area contributed by atoms with Crippen LogP contribution in [0.3, 0.4) is 0 Å². The Bertz CT molecular complexity index is 901. The van der Waals surface area contributed by atoms with E-state index in [0.29, 0.717) is 24.6 Å². The number of carbonyl (C=O) groups is 1. The van der Waals surface area contributed by atoms with Gasteiger partial charge in [-0.1, -0.05) is 48.9 Å². The van der Waals surface area contributed by atoms with Gasteiger partial charge in [0.15, 0.2) is 5.96 Å². The molecule has 33 heavy (non-hydrogen) atoms. The standard InChI is InChI=1S/C26H36N4O2.HI/c1-4-14-28-25(31)22-8-5-7-20(16-22)17-29-26(27-3)30-18-23-9-6-15-32-24(23)21-12-10-19(2)11-13-21;/h5,7-8,10-13,16,23-24H,4,6,9,14-15,17-18H2,1-3H3,(H,28,31)(H2,27,29,30);1H. The third-order valence-electron chi connectivity index (χ3n) is 5.79. The first-order valence-electron chi connectivity index (χ1n) is 11.6. The van der Waals surface area contributed by atoms with E-state index in [-0.39, 0.29) is 36.0 Å². The molecular formula is C26H37IN4O2. The molecule has 0 bridgehead atoms. The van der Waals surface area contributed by atoms with Crippen LogP contribution in [0, 0.1) is 12.8 Å². The van der Waals surface area contributed by atoms with Gasteiger partial charge in [-0.2, -0.15) is 0 Å². The molecule has 1 amide bonds. The molecule has 0 spiro atoms. The Kier molecular flexibility index (Phi) is 11.7. The SMILES string of the molecule is CCCNC(=O)c1cccc(CNC(=NC)NCC2CCCOC2c2ccc(C)cc2)c1.I. The molecule has 1 aliphatic heterocycles. The Morgan fingerprint density at radius 3 is 2.64 bits per heavy atom. The number of aryl methyl sites for hydroxylation is 1. The van der Waals surface area contributed by atoms with Crippen LogP contribution in [0.1, 0.15) is 59.3 Å². The van der Waals surface area contributed by atoms with E-state index in [2.05, 4.69) is 52.1 Å². The fraction of sp³-hybridized carbons (Fsp3) is 0.462. The van der Waals surface area contributed by atoms with Crippen LogP contribution in [0.25, 0.3) is 0 Å². The molecule has 2 atom stereocenters. The van der Waals surface area contributed by atoms with E-state index in [1.54, 1.807) is 7.05 Å². The lowest BCUT2D eigenvalue weighted by molar-refractivity contribution is -0.0265. The molecule has 1 heterocycles. The van der Waals surface area contributed by atoms with Crippen LogP contribution in [-0.2, 0) is 11.3 Å². The number of hydrogen-bond acceptors (Lipinski definition) is 3. The summed E-state index contributed by atoms with van der Waals surface area (Å²) >= 11 is 0. The molecule has 7 heteroatoms. The molecule has 0 aliphatic carbocycles. The van der Waals surface area contributed by atoms with Gasteiger partial charge in [-0.05, 0) is 49.4 Å². The number of ether oxygens (including phenoxy) is 1. The largest absolute Gasteiger partial charge is 0.373 e. The fourth-order valence-electron chi connectivity index (χ4n) is 3.97. The Morgan fingerprint density at radius 2 is 1.91 bits per heavy atom. The average Bonchev–Trinajstić information content (AvgIpc) is 2.83. The molecule has 3 N–H and O–H groups in total. The highest BCUT2D eigenvalue weighted by Crippen LogP contribution is 2.33. The highest BCUT2D eigenvalue weighted by Gasteiger charge is 2.27. The minimum absolute atomic E-state index is 0. The molecule has 0 aromatic heterocycles. The molecule has 6 nitrogen and oxygen atoms in total. The van der Waals surface area contributed by atoms with Crippen LogP contribution >= 0.6 is 24.0 Å². The van der Waals surface area contributed by atoms with Crippen LogP contribution < -0.4 is 16.0 Å². The van der Waals surface area contributed by atoms with Crippen molar-refractivity contribution in [1.82, 2.24) is 16.0 Å². The van der Waals surface area contributed by atoms with Crippen molar-refractivity contribution in [2.75, 3.05) is 26.7 Å². The number of guanidine groups is 1. The zero-order valence-electron chi connectivity index (χ0n) is 19.9. The fourth-order valence-corrected chi connectivity index (χ4v) is 3.97. The molecule has 2 aromatic carbocycles. The average molecular weight is 565 g/mol. The van der Waals surface area contributed by atoms with Gasteiger partial charge in [-0.3, -0.25) is 9.79 Å². The molecule has 180 valence electrons. The molecule has 2 aromatic rings. The van der Waals surface area contributed by atoms with Gasteiger partial charge in [0.25, 0.3) is 5.91 Å². The minimum Gasteiger partial charge on any atom is -0.373 e. The van der Waals surface area contributed by atoms with Crippen LogP contribution in [0.5, 0.6) is 0 Å². The van der Waals surface area contributed by atoms with Crippen molar-refractivity contribution in [2.45, 2.75) is 45.8 Å². The van der Waals surface area contributed by atoms with Gasteiger partial charge < -0.3 is 20.7 Å². The van der Waals surface area contributed by atoms with Gasteiger partial charge in [-0.15, -0.1) is 24.0 Å².